The number of benzene rings is 1. The third kappa shape index (κ3) is 3.64. The minimum absolute atomic E-state index is 0.544. The van der Waals surface area contributed by atoms with E-state index in [0.29, 0.717) is 17.9 Å². The summed E-state index contributed by atoms with van der Waals surface area (Å²) in [5.74, 6) is 2.24. The van der Waals surface area contributed by atoms with Crippen LogP contribution < -0.4 is 10.1 Å². The number of rotatable bonds is 5. The lowest BCUT2D eigenvalue weighted by Gasteiger charge is -2.23. The average molecular weight is 282 g/mol. The van der Waals surface area contributed by atoms with Crippen LogP contribution in [0.4, 0.5) is 0 Å². The maximum atomic E-state index is 6.16. The lowest BCUT2D eigenvalue weighted by Crippen LogP contribution is -2.30. The summed E-state index contributed by atoms with van der Waals surface area (Å²) in [6, 6.07) is 6.52. The molecule has 2 unspecified atom stereocenters. The predicted molar refractivity (Wildman–Crippen MR) is 81.2 cm³/mol. The molecular formula is C16H24ClNO. The fraction of sp³-hybridized carbons (Fsp3) is 0.625. The van der Waals surface area contributed by atoms with Crippen molar-refractivity contribution in [3.8, 4) is 5.75 Å². The zero-order valence-electron chi connectivity index (χ0n) is 12.1. The SMILES string of the molecule is COc1ccc(Cl)cc1C1CCCC1CNC(C)C. The van der Waals surface area contributed by atoms with Gasteiger partial charge in [-0.25, -0.2) is 0 Å². The molecule has 1 aromatic carbocycles. The first kappa shape index (κ1) is 14.7. The van der Waals surface area contributed by atoms with Gasteiger partial charge in [0.25, 0.3) is 0 Å². The molecule has 2 nitrogen and oxygen atoms in total. The Morgan fingerprint density at radius 3 is 2.84 bits per heavy atom. The molecule has 1 aromatic rings. The van der Waals surface area contributed by atoms with E-state index in [1.807, 2.05) is 12.1 Å². The number of nitrogens with one attached hydrogen (secondary N) is 1. The number of methoxy groups -OCH3 is 1. The highest BCUT2D eigenvalue weighted by atomic mass is 35.5. The van der Waals surface area contributed by atoms with Crippen LogP contribution in [0.2, 0.25) is 5.02 Å². The highest BCUT2D eigenvalue weighted by molar-refractivity contribution is 6.30. The van der Waals surface area contributed by atoms with Crippen LogP contribution in [-0.2, 0) is 0 Å². The van der Waals surface area contributed by atoms with Gasteiger partial charge in [-0.05, 0) is 55.0 Å². The van der Waals surface area contributed by atoms with Gasteiger partial charge in [-0.3, -0.25) is 0 Å². The standard InChI is InChI=1S/C16H24ClNO/c1-11(2)18-10-12-5-4-6-14(12)15-9-13(17)7-8-16(15)19-3/h7-9,11-12,14,18H,4-6,10H2,1-3H3. The monoisotopic (exact) mass is 281 g/mol. The van der Waals surface area contributed by atoms with Crippen molar-refractivity contribution in [2.24, 2.45) is 5.92 Å². The molecule has 19 heavy (non-hydrogen) atoms. The second-order valence-corrected chi connectivity index (χ2v) is 6.18. The Labute approximate surface area is 121 Å². The largest absolute Gasteiger partial charge is 0.496 e. The van der Waals surface area contributed by atoms with E-state index < -0.39 is 0 Å². The van der Waals surface area contributed by atoms with E-state index in [1.54, 1.807) is 7.11 Å². The Kier molecular flexibility index (Phi) is 5.12. The highest BCUT2D eigenvalue weighted by Gasteiger charge is 2.30. The van der Waals surface area contributed by atoms with Crippen molar-refractivity contribution < 1.29 is 4.74 Å². The second-order valence-electron chi connectivity index (χ2n) is 5.75. The molecule has 2 rings (SSSR count). The van der Waals surface area contributed by atoms with E-state index >= 15 is 0 Å². The molecule has 0 aromatic heterocycles. The van der Waals surface area contributed by atoms with Gasteiger partial charge in [0.2, 0.25) is 0 Å². The van der Waals surface area contributed by atoms with Crippen molar-refractivity contribution in [1.29, 1.82) is 0 Å². The fourth-order valence-corrected chi connectivity index (χ4v) is 3.25. The van der Waals surface area contributed by atoms with Crippen molar-refractivity contribution in [2.45, 2.75) is 45.1 Å². The number of ether oxygens (including phenoxy) is 1. The molecule has 1 aliphatic rings. The first-order chi connectivity index (χ1) is 9.11. The van der Waals surface area contributed by atoms with Crippen molar-refractivity contribution in [3.63, 3.8) is 0 Å². The minimum Gasteiger partial charge on any atom is -0.496 e. The average Bonchev–Trinajstić information content (AvgIpc) is 2.84. The number of hydrogen-bond donors (Lipinski definition) is 1. The molecule has 0 bridgehead atoms. The molecule has 1 fully saturated rings. The summed E-state index contributed by atoms with van der Waals surface area (Å²) < 4.78 is 5.51. The Morgan fingerprint density at radius 1 is 1.37 bits per heavy atom. The molecule has 2 atom stereocenters. The Bertz CT molecular complexity index is 419. The first-order valence-electron chi connectivity index (χ1n) is 7.18. The van der Waals surface area contributed by atoms with Crippen LogP contribution in [0, 0.1) is 5.92 Å². The molecule has 0 heterocycles. The highest BCUT2D eigenvalue weighted by Crippen LogP contribution is 2.43. The Balaban J connectivity index is 2.17. The van der Waals surface area contributed by atoms with Gasteiger partial charge in [0.15, 0.2) is 0 Å². The van der Waals surface area contributed by atoms with E-state index in [9.17, 15) is 0 Å². The molecule has 1 aliphatic carbocycles. The summed E-state index contributed by atoms with van der Waals surface area (Å²) in [6.07, 6.45) is 3.83. The molecule has 1 saturated carbocycles. The second kappa shape index (κ2) is 6.62. The van der Waals surface area contributed by atoms with Gasteiger partial charge in [-0.1, -0.05) is 31.9 Å². The topological polar surface area (TPSA) is 21.3 Å². The fourth-order valence-electron chi connectivity index (χ4n) is 3.07. The van der Waals surface area contributed by atoms with Crippen molar-refractivity contribution in [3.05, 3.63) is 28.8 Å². The van der Waals surface area contributed by atoms with Gasteiger partial charge in [0.1, 0.15) is 5.75 Å². The summed E-state index contributed by atoms with van der Waals surface area (Å²) in [5.41, 5.74) is 1.28. The molecule has 1 N–H and O–H groups in total. The van der Waals surface area contributed by atoms with Crippen LogP contribution in [0.25, 0.3) is 0 Å². The van der Waals surface area contributed by atoms with Gasteiger partial charge >= 0.3 is 0 Å². The third-order valence-electron chi connectivity index (χ3n) is 4.04. The first-order valence-corrected chi connectivity index (χ1v) is 7.56. The molecule has 106 valence electrons. The van der Waals surface area contributed by atoms with Gasteiger partial charge in [-0.15, -0.1) is 0 Å². The minimum atomic E-state index is 0.544. The third-order valence-corrected chi connectivity index (χ3v) is 4.27. The van der Waals surface area contributed by atoms with Gasteiger partial charge in [0.05, 0.1) is 7.11 Å². The van der Waals surface area contributed by atoms with Crippen LogP contribution in [0.5, 0.6) is 5.75 Å². The van der Waals surface area contributed by atoms with E-state index in [2.05, 4.69) is 25.2 Å². The maximum absolute atomic E-state index is 6.16. The molecule has 0 spiro atoms. The predicted octanol–water partition coefficient (Wildman–Crippen LogP) is 4.23. The van der Waals surface area contributed by atoms with Crippen molar-refractivity contribution >= 4 is 11.6 Å². The van der Waals surface area contributed by atoms with Crippen LogP contribution >= 0.6 is 11.6 Å². The molecule has 0 radical (unpaired) electrons. The molecule has 3 heteroatoms. The normalized spacial score (nSPS) is 23.0. The van der Waals surface area contributed by atoms with Crippen molar-refractivity contribution in [1.82, 2.24) is 5.32 Å². The summed E-state index contributed by atoms with van der Waals surface area (Å²) in [6.45, 7) is 5.48. The maximum Gasteiger partial charge on any atom is 0.122 e. The van der Waals surface area contributed by atoms with E-state index in [4.69, 9.17) is 16.3 Å². The Morgan fingerprint density at radius 2 is 2.16 bits per heavy atom. The van der Waals surface area contributed by atoms with E-state index in [0.717, 1.165) is 17.3 Å². The van der Waals surface area contributed by atoms with Crippen LogP contribution in [0.3, 0.4) is 0 Å². The van der Waals surface area contributed by atoms with E-state index in [-0.39, 0.29) is 0 Å². The van der Waals surface area contributed by atoms with E-state index in [1.165, 1.54) is 24.8 Å². The van der Waals surface area contributed by atoms with Gasteiger partial charge < -0.3 is 10.1 Å². The summed E-state index contributed by atoms with van der Waals surface area (Å²) in [5, 5.41) is 4.37. The number of halogens is 1. The summed E-state index contributed by atoms with van der Waals surface area (Å²) in [7, 11) is 1.74. The van der Waals surface area contributed by atoms with Gasteiger partial charge in [0, 0.05) is 11.1 Å². The smallest absolute Gasteiger partial charge is 0.122 e. The zero-order chi connectivity index (χ0) is 13.8. The quantitative estimate of drug-likeness (QED) is 0.872. The summed E-state index contributed by atoms with van der Waals surface area (Å²) >= 11 is 6.16. The zero-order valence-corrected chi connectivity index (χ0v) is 12.8. The molecular weight excluding hydrogens is 258 g/mol. The molecule has 0 amide bonds. The molecule has 0 aliphatic heterocycles. The molecule has 0 saturated heterocycles. The Hall–Kier alpha value is -0.730. The van der Waals surface area contributed by atoms with Crippen molar-refractivity contribution in [2.75, 3.05) is 13.7 Å². The lowest BCUT2D eigenvalue weighted by molar-refractivity contribution is 0.384. The van der Waals surface area contributed by atoms with Gasteiger partial charge in [-0.2, -0.15) is 0 Å². The van der Waals surface area contributed by atoms with Crippen LogP contribution in [-0.4, -0.2) is 19.7 Å². The summed E-state index contributed by atoms with van der Waals surface area (Å²) in [4.78, 5) is 0. The van der Waals surface area contributed by atoms with Crippen LogP contribution in [0.15, 0.2) is 18.2 Å². The lowest BCUT2D eigenvalue weighted by atomic mass is 9.88. The van der Waals surface area contributed by atoms with Crippen LogP contribution in [0.1, 0.15) is 44.6 Å². The number of hydrogen-bond acceptors (Lipinski definition) is 2.